The first-order chi connectivity index (χ1) is 13.5. The molecule has 1 heterocycles. The lowest BCUT2D eigenvalue weighted by Gasteiger charge is -2.35. The average molecular weight is 385 g/mol. The number of piperidine rings is 1. The molecule has 1 aliphatic heterocycles. The third-order valence-corrected chi connectivity index (χ3v) is 5.62. The monoisotopic (exact) mass is 385 g/mol. The Bertz CT molecular complexity index is 748. The van der Waals surface area contributed by atoms with Gasteiger partial charge in [-0.15, -0.1) is 0 Å². The molecule has 0 spiro atoms. The molecule has 0 bridgehead atoms. The highest BCUT2D eigenvalue weighted by Crippen LogP contribution is 2.26. The van der Waals surface area contributed by atoms with Crippen LogP contribution in [0.25, 0.3) is 6.08 Å². The number of hydrogen-bond donors (Lipinski definition) is 1. The van der Waals surface area contributed by atoms with E-state index >= 15 is 0 Å². The Morgan fingerprint density at radius 3 is 2.50 bits per heavy atom. The molecule has 0 radical (unpaired) electrons. The van der Waals surface area contributed by atoms with Gasteiger partial charge in [-0.2, -0.15) is 0 Å². The van der Waals surface area contributed by atoms with Crippen LogP contribution < -0.4 is 5.32 Å². The van der Waals surface area contributed by atoms with Crippen molar-refractivity contribution in [1.29, 1.82) is 0 Å². The Morgan fingerprint density at radius 1 is 1.11 bits per heavy atom. The summed E-state index contributed by atoms with van der Waals surface area (Å²) in [4.78, 5) is 37.1. The maximum atomic E-state index is 12.6. The van der Waals surface area contributed by atoms with Gasteiger partial charge in [-0.3, -0.25) is 19.7 Å². The molecule has 1 aliphatic carbocycles. The van der Waals surface area contributed by atoms with Gasteiger partial charge in [-0.25, -0.2) is 0 Å². The largest absolute Gasteiger partial charge is 0.350 e. The van der Waals surface area contributed by atoms with Gasteiger partial charge in [0.1, 0.15) is 0 Å². The van der Waals surface area contributed by atoms with E-state index < -0.39 is 4.92 Å². The van der Waals surface area contributed by atoms with E-state index in [-0.39, 0.29) is 29.5 Å². The minimum absolute atomic E-state index is 0.00226. The van der Waals surface area contributed by atoms with Crippen LogP contribution in [-0.4, -0.2) is 40.8 Å². The predicted octanol–water partition coefficient (Wildman–Crippen LogP) is 3.30. The molecule has 150 valence electrons. The van der Waals surface area contributed by atoms with E-state index in [0.717, 1.165) is 38.5 Å². The number of hydrogen-bond acceptors (Lipinski definition) is 4. The second kappa shape index (κ2) is 9.48. The Balaban J connectivity index is 1.45. The van der Waals surface area contributed by atoms with E-state index in [1.807, 2.05) is 4.90 Å². The summed E-state index contributed by atoms with van der Waals surface area (Å²) in [5.41, 5.74) is 0.606. The molecule has 0 atom stereocenters. The number of benzene rings is 1. The number of carbonyl (C=O) groups excluding carboxylic acids is 2. The summed E-state index contributed by atoms with van der Waals surface area (Å²) in [6.07, 6.45) is 10.1. The standard InChI is InChI=1S/C21H27N3O4/c25-20(10-9-16-5-4-8-19(15-16)24(27)28)22-18-11-13-23(14-12-18)21(26)17-6-2-1-3-7-17/h4-5,8-10,15,17-18H,1-3,6-7,11-14H2,(H,22,25)/b10-9+. The maximum Gasteiger partial charge on any atom is 0.270 e. The average Bonchev–Trinajstić information content (AvgIpc) is 2.73. The molecule has 7 heteroatoms. The van der Waals surface area contributed by atoms with Crippen LogP contribution in [0.3, 0.4) is 0 Å². The van der Waals surface area contributed by atoms with Crippen molar-refractivity contribution in [2.45, 2.75) is 51.0 Å². The molecule has 1 N–H and O–H groups in total. The van der Waals surface area contributed by atoms with Gasteiger partial charge in [0, 0.05) is 43.3 Å². The van der Waals surface area contributed by atoms with Crippen LogP contribution in [0.2, 0.25) is 0 Å². The Labute approximate surface area is 164 Å². The number of rotatable bonds is 5. The van der Waals surface area contributed by atoms with Crippen molar-refractivity contribution in [3.63, 3.8) is 0 Å². The zero-order valence-corrected chi connectivity index (χ0v) is 16.0. The number of nitrogens with one attached hydrogen (secondary N) is 1. The number of amides is 2. The SMILES string of the molecule is O=C(/C=C/c1cccc([N+](=O)[O-])c1)NC1CCN(C(=O)C2CCCCC2)CC1. The topological polar surface area (TPSA) is 92.5 Å². The first-order valence-corrected chi connectivity index (χ1v) is 10.0. The van der Waals surface area contributed by atoms with Gasteiger partial charge in [0.2, 0.25) is 11.8 Å². The molecule has 1 aromatic rings. The molecule has 2 aliphatic rings. The van der Waals surface area contributed by atoms with Crippen LogP contribution in [0.1, 0.15) is 50.5 Å². The molecular formula is C21H27N3O4. The van der Waals surface area contributed by atoms with Gasteiger partial charge in [0.15, 0.2) is 0 Å². The minimum Gasteiger partial charge on any atom is -0.350 e. The van der Waals surface area contributed by atoms with Crippen LogP contribution in [0, 0.1) is 16.0 Å². The maximum absolute atomic E-state index is 12.6. The third-order valence-electron chi connectivity index (χ3n) is 5.62. The van der Waals surface area contributed by atoms with Crippen LogP contribution >= 0.6 is 0 Å². The summed E-state index contributed by atoms with van der Waals surface area (Å²) in [5, 5.41) is 13.8. The highest BCUT2D eigenvalue weighted by Gasteiger charge is 2.29. The number of nitro groups is 1. The van der Waals surface area contributed by atoms with E-state index in [4.69, 9.17) is 0 Å². The molecule has 1 saturated carbocycles. The molecule has 3 rings (SSSR count). The van der Waals surface area contributed by atoms with E-state index in [0.29, 0.717) is 18.7 Å². The predicted molar refractivity (Wildman–Crippen MR) is 106 cm³/mol. The quantitative estimate of drug-likeness (QED) is 0.478. The highest BCUT2D eigenvalue weighted by atomic mass is 16.6. The van der Waals surface area contributed by atoms with Gasteiger partial charge in [0.25, 0.3) is 5.69 Å². The zero-order valence-electron chi connectivity index (χ0n) is 16.0. The van der Waals surface area contributed by atoms with Crippen molar-refractivity contribution in [3.8, 4) is 0 Å². The normalized spacial score (nSPS) is 18.9. The summed E-state index contributed by atoms with van der Waals surface area (Å²) < 4.78 is 0. The zero-order chi connectivity index (χ0) is 19.9. The van der Waals surface area contributed by atoms with Gasteiger partial charge >= 0.3 is 0 Å². The van der Waals surface area contributed by atoms with E-state index in [1.54, 1.807) is 18.2 Å². The van der Waals surface area contributed by atoms with Crippen molar-refractivity contribution >= 4 is 23.6 Å². The fourth-order valence-corrected chi connectivity index (χ4v) is 4.02. The lowest BCUT2D eigenvalue weighted by Crippen LogP contribution is -2.48. The van der Waals surface area contributed by atoms with E-state index in [2.05, 4.69) is 5.32 Å². The van der Waals surface area contributed by atoms with Crippen LogP contribution in [0.5, 0.6) is 0 Å². The number of nitrogens with zero attached hydrogens (tertiary/aromatic N) is 2. The first-order valence-electron chi connectivity index (χ1n) is 10.0. The highest BCUT2D eigenvalue weighted by molar-refractivity contribution is 5.92. The van der Waals surface area contributed by atoms with Crippen LogP contribution in [-0.2, 0) is 9.59 Å². The van der Waals surface area contributed by atoms with Gasteiger partial charge < -0.3 is 10.2 Å². The number of nitro benzene ring substituents is 1. The summed E-state index contributed by atoms with van der Waals surface area (Å²) in [6, 6.07) is 6.21. The summed E-state index contributed by atoms with van der Waals surface area (Å²) >= 11 is 0. The molecule has 28 heavy (non-hydrogen) atoms. The molecule has 2 fully saturated rings. The molecular weight excluding hydrogens is 358 g/mol. The third kappa shape index (κ3) is 5.41. The van der Waals surface area contributed by atoms with Gasteiger partial charge in [-0.1, -0.05) is 31.4 Å². The minimum atomic E-state index is -0.459. The van der Waals surface area contributed by atoms with Crippen molar-refractivity contribution in [3.05, 3.63) is 46.0 Å². The Hall–Kier alpha value is -2.70. The molecule has 2 amide bonds. The number of non-ortho nitro benzene ring substituents is 1. The van der Waals surface area contributed by atoms with Crippen molar-refractivity contribution < 1.29 is 14.5 Å². The molecule has 1 aromatic carbocycles. The summed E-state index contributed by atoms with van der Waals surface area (Å²) in [5.74, 6) is 0.261. The fraction of sp³-hybridized carbons (Fsp3) is 0.524. The molecule has 7 nitrogen and oxygen atoms in total. The summed E-state index contributed by atoms with van der Waals surface area (Å²) in [6.45, 7) is 1.38. The molecule has 0 unspecified atom stereocenters. The van der Waals surface area contributed by atoms with Crippen LogP contribution in [0.15, 0.2) is 30.3 Å². The van der Waals surface area contributed by atoms with Crippen molar-refractivity contribution in [2.75, 3.05) is 13.1 Å². The van der Waals surface area contributed by atoms with E-state index in [1.165, 1.54) is 24.6 Å². The Morgan fingerprint density at radius 2 is 1.82 bits per heavy atom. The Kier molecular flexibility index (Phi) is 6.79. The van der Waals surface area contributed by atoms with Crippen molar-refractivity contribution in [2.24, 2.45) is 5.92 Å². The first kappa shape index (κ1) is 20.0. The molecule has 0 aromatic heterocycles. The van der Waals surface area contributed by atoms with Gasteiger partial charge in [0.05, 0.1) is 4.92 Å². The van der Waals surface area contributed by atoms with Crippen LogP contribution in [0.4, 0.5) is 5.69 Å². The second-order valence-electron chi connectivity index (χ2n) is 7.63. The lowest BCUT2D eigenvalue weighted by molar-refractivity contribution is -0.384. The van der Waals surface area contributed by atoms with E-state index in [9.17, 15) is 19.7 Å². The van der Waals surface area contributed by atoms with Gasteiger partial charge in [-0.05, 0) is 37.3 Å². The second-order valence-corrected chi connectivity index (χ2v) is 7.63. The van der Waals surface area contributed by atoms with Crippen molar-refractivity contribution in [1.82, 2.24) is 10.2 Å². The fourth-order valence-electron chi connectivity index (χ4n) is 4.02. The smallest absolute Gasteiger partial charge is 0.270 e. The number of carbonyl (C=O) groups is 2. The lowest BCUT2D eigenvalue weighted by atomic mass is 9.87. The molecule has 1 saturated heterocycles. The summed E-state index contributed by atoms with van der Waals surface area (Å²) in [7, 11) is 0. The number of likely N-dealkylation sites (tertiary alicyclic amines) is 1.